The topological polar surface area (TPSA) is 29.5 Å². The minimum atomic E-state index is -0.379. The first kappa shape index (κ1) is 9.07. The molecule has 9 heavy (non-hydrogen) atoms. The second-order valence-corrected chi connectivity index (χ2v) is 3.69. The third-order valence-corrected chi connectivity index (χ3v) is 2.43. The summed E-state index contributed by atoms with van der Waals surface area (Å²) >= 11 is 4.47. The van der Waals surface area contributed by atoms with Gasteiger partial charge in [0.15, 0.2) is 14.8 Å². The molecule has 0 fully saturated rings. The second-order valence-electron chi connectivity index (χ2n) is 1.69. The van der Waals surface area contributed by atoms with Crippen molar-refractivity contribution in [3.05, 3.63) is 0 Å². The van der Waals surface area contributed by atoms with E-state index in [-0.39, 0.29) is 14.8 Å². The maximum Gasteiger partial charge on any atom is 0.161 e. The summed E-state index contributed by atoms with van der Waals surface area (Å²) in [6, 6.07) is 0.961. The number of rotatable bonds is 5. The van der Waals surface area contributed by atoms with Gasteiger partial charge in [0.05, 0.1) is 0 Å². The highest BCUT2D eigenvalue weighted by molar-refractivity contribution is 7.80. The third kappa shape index (κ3) is 8.07. The molecule has 0 rings (SSSR count). The first-order valence-electron chi connectivity index (χ1n) is 3.07. The minimum Gasteiger partial charge on any atom is -0.502 e. The van der Waals surface area contributed by atoms with Crippen molar-refractivity contribution in [2.24, 2.45) is 0 Å². The molecule has 0 aromatic rings. The van der Waals surface area contributed by atoms with E-state index in [1.165, 1.54) is 0 Å². The van der Waals surface area contributed by atoms with Crippen LogP contribution in [0.2, 0.25) is 6.04 Å². The van der Waals surface area contributed by atoms with Gasteiger partial charge >= 0.3 is 0 Å². The van der Waals surface area contributed by atoms with Gasteiger partial charge in [-0.15, -0.1) is 0 Å². The number of hydrogen-bond acceptors (Lipinski definition) is 2. The van der Waals surface area contributed by atoms with Crippen molar-refractivity contribution in [3.8, 4) is 0 Å². The summed E-state index contributed by atoms with van der Waals surface area (Å²) in [4.78, 5) is 0. The molecule has 0 atom stereocenters. The molecule has 0 aliphatic rings. The van der Waals surface area contributed by atoms with Crippen molar-refractivity contribution in [1.82, 2.24) is 0 Å². The fourth-order valence-corrected chi connectivity index (χ4v) is 1.84. The van der Waals surface area contributed by atoms with E-state index in [0.29, 0.717) is 6.42 Å². The molecule has 0 aliphatic carbocycles. The van der Waals surface area contributed by atoms with Crippen LogP contribution in [0.15, 0.2) is 0 Å². The van der Waals surface area contributed by atoms with E-state index in [9.17, 15) is 0 Å². The van der Waals surface area contributed by atoms with Crippen LogP contribution in [0.3, 0.4) is 0 Å². The van der Waals surface area contributed by atoms with Crippen molar-refractivity contribution in [3.63, 3.8) is 0 Å². The van der Waals surface area contributed by atoms with E-state index in [0.717, 1.165) is 12.7 Å². The van der Waals surface area contributed by atoms with Crippen LogP contribution in [-0.2, 0) is 4.43 Å². The van der Waals surface area contributed by atoms with E-state index >= 15 is 0 Å². The molecule has 0 aliphatic heterocycles. The zero-order valence-corrected chi connectivity index (χ0v) is 7.82. The van der Waals surface area contributed by atoms with Gasteiger partial charge in [-0.2, -0.15) is 0 Å². The molecule has 0 heterocycles. The normalized spacial score (nSPS) is 10.8. The number of thiocarbonyl (C=S) groups is 1. The highest BCUT2D eigenvalue weighted by Gasteiger charge is 1.91. The molecule has 4 heteroatoms. The van der Waals surface area contributed by atoms with Crippen LogP contribution in [0.4, 0.5) is 0 Å². The van der Waals surface area contributed by atoms with Crippen molar-refractivity contribution >= 4 is 27.0 Å². The van der Waals surface area contributed by atoms with E-state index < -0.39 is 0 Å². The van der Waals surface area contributed by atoms with Crippen molar-refractivity contribution < 1.29 is 9.53 Å². The van der Waals surface area contributed by atoms with Gasteiger partial charge < -0.3 is 9.53 Å². The lowest BCUT2D eigenvalue weighted by molar-refractivity contribution is 0.359. The number of aliphatic hydroxyl groups is 1. The molecule has 0 unspecified atom stereocenters. The van der Waals surface area contributed by atoms with Gasteiger partial charge in [0.25, 0.3) is 0 Å². The standard InChI is InChI=1S/C5H12O2SSi/c1-2-7-9-4-3-5(6)8/h2-4,9H2,1H3,(H,6,8). The molecule has 0 amide bonds. The highest BCUT2D eigenvalue weighted by atomic mass is 32.1. The van der Waals surface area contributed by atoms with E-state index in [2.05, 4.69) is 12.2 Å². The Morgan fingerprint density at radius 1 is 1.78 bits per heavy atom. The summed E-state index contributed by atoms with van der Waals surface area (Å²) in [5.74, 6) is 0. The first-order chi connectivity index (χ1) is 4.27. The zero-order chi connectivity index (χ0) is 7.11. The van der Waals surface area contributed by atoms with Crippen molar-refractivity contribution in [2.75, 3.05) is 6.61 Å². The van der Waals surface area contributed by atoms with Gasteiger partial charge in [-0.1, -0.05) is 0 Å². The van der Waals surface area contributed by atoms with E-state index in [1.54, 1.807) is 0 Å². The quantitative estimate of drug-likeness (QED) is 0.370. The maximum atomic E-state index is 8.55. The molecule has 0 aromatic carbocycles. The molecule has 1 N–H and O–H groups in total. The SMILES string of the molecule is CCO[SiH2]CCC(O)=S. The molecule has 0 saturated carbocycles. The van der Waals surface area contributed by atoms with Gasteiger partial charge in [0, 0.05) is 13.0 Å². The lowest BCUT2D eigenvalue weighted by Crippen LogP contribution is -2.00. The Labute approximate surface area is 63.2 Å². The Hall–Kier alpha value is 0.0669. The third-order valence-electron chi connectivity index (χ3n) is 0.883. The lowest BCUT2D eigenvalue weighted by Gasteiger charge is -1.96. The summed E-state index contributed by atoms with van der Waals surface area (Å²) in [5.41, 5.74) is 0. The van der Waals surface area contributed by atoms with Crippen LogP contribution in [-0.4, -0.2) is 26.5 Å². The fraction of sp³-hybridized carbons (Fsp3) is 0.800. The average Bonchev–Trinajstić information content (AvgIpc) is 1.80. The lowest BCUT2D eigenvalue weighted by atomic mass is 10.5. The van der Waals surface area contributed by atoms with Crippen molar-refractivity contribution in [2.45, 2.75) is 19.4 Å². The zero-order valence-electron chi connectivity index (χ0n) is 5.59. The molecule has 0 bridgehead atoms. The van der Waals surface area contributed by atoms with Crippen LogP contribution in [0, 0.1) is 0 Å². The molecule has 2 nitrogen and oxygen atoms in total. The van der Waals surface area contributed by atoms with E-state index in [1.807, 2.05) is 6.92 Å². The molecular weight excluding hydrogens is 152 g/mol. The summed E-state index contributed by atoms with van der Waals surface area (Å²) in [6.07, 6.45) is 0.640. The Bertz CT molecular complexity index is 87.0. The molecule has 54 valence electrons. The Kier molecular flexibility index (Phi) is 6.24. The number of hydrogen-bond donors (Lipinski definition) is 1. The van der Waals surface area contributed by atoms with Gasteiger partial charge in [-0.3, -0.25) is 0 Å². The van der Waals surface area contributed by atoms with Crippen LogP contribution < -0.4 is 0 Å². The van der Waals surface area contributed by atoms with Gasteiger partial charge in [-0.25, -0.2) is 0 Å². The van der Waals surface area contributed by atoms with E-state index in [4.69, 9.17) is 9.53 Å². The van der Waals surface area contributed by atoms with Crippen LogP contribution in [0.25, 0.3) is 0 Å². The fourth-order valence-electron chi connectivity index (χ4n) is 0.470. The summed E-state index contributed by atoms with van der Waals surface area (Å²) in [6.45, 7) is 2.77. The van der Waals surface area contributed by atoms with Crippen LogP contribution in [0.1, 0.15) is 13.3 Å². The second kappa shape index (κ2) is 6.19. The van der Waals surface area contributed by atoms with Gasteiger partial charge in [-0.05, 0) is 25.2 Å². The van der Waals surface area contributed by atoms with Crippen LogP contribution in [0.5, 0.6) is 0 Å². The van der Waals surface area contributed by atoms with Gasteiger partial charge in [0.2, 0.25) is 0 Å². The van der Waals surface area contributed by atoms with Gasteiger partial charge in [0.1, 0.15) is 0 Å². The molecule has 0 aromatic heterocycles. The maximum absolute atomic E-state index is 8.55. The van der Waals surface area contributed by atoms with Crippen LogP contribution >= 0.6 is 12.2 Å². The Morgan fingerprint density at radius 3 is 2.89 bits per heavy atom. The molecule has 0 radical (unpaired) electrons. The minimum absolute atomic E-state index is 0.113. The Balaban J connectivity index is 2.83. The molecular formula is C5H12O2SSi. The molecule has 0 saturated heterocycles. The predicted octanol–water partition coefficient (Wildman–Crippen LogP) is 0.800. The summed E-state index contributed by atoms with van der Waals surface area (Å²) < 4.78 is 5.15. The average molecular weight is 164 g/mol. The monoisotopic (exact) mass is 164 g/mol. The summed E-state index contributed by atoms with van der Waals surface area (Å²) in [5, 5.41) is 8.66. The number of aliphatic hydroxyl groups excluding tert-OH is 1. The molecule has 0 spiro atoms. The highest BCUT2D eigenvalue weighted by Crippen LogP contribution is 1.90. The Morgan fingerprint density at radius 2 is 2.44 bits per heavy atom. The smallest absolute Gasteiger partial charge is 0.161 e. The summed E-state index contributed by atoms with van der Waals surface area (Å²) in [7, 11) is -0.379. The predicted molar refractivity (Wildman–Crippen MR) is 44.8 cm³/mol. The first-order valence-corrected chi connectivity index (χ1v) is 5.05. The largest absolute Gasteiger partial charge is 0.502 e. The van der Waals surface area contributed by atoms with Crippen molar-refractivity contribution in [1.29, 1.82) is 0 Å².